The number of aliphatic hydroxyl groups is 1. The Labute approximate surface area is 154 Å². The summed E-state index contributed by atoms with van der Waals surface area (Å²) in [5.41, 5.74) is 9.60. The minimum Gasteiger partial charge on any atom is -0.393 e. The van der Waals surface area contributed by atoms with Gasteiger partial charge in [-0.25, -0.2) is 0 Å². The molecular weight excluding hydrogens is 326 g/mol. The number of rotatable bonds is 6. The van der Waals surface area contributed by atoms with Crippen LogP contribution in [0.5, 0.6) is 0 Å². The number of aliphatic hydroxyl groups excluding tert-OH is 1. The number of carbonyl (C=O) groups excluding carboxylic acids is 1. The second-order valence-corrected chi connectivity index (χ2v) is 6.86. The first kappa shape index (κ1) is 18.6. The van der Waals surface area contributed by atoms with E-state index in [1.807, 2.05) is 36.4 Å². The lowest BCUT2D eigenvalue weighted by Crippen LogP contribution is -2.35. The monoisotopic (exact) mass is 353 g/mol. The van der Waals surface area contributed by atoms with Crippen molar-refractivity contribution in [1.82, 2.24) is 10.2 Å². The van der Waals surface area contributed by atoms with Crippen molar-refractivity contribution < 1.29 is 9.90 Å². The number of benzene rings is 2. The third-order valence-corrected chi connectivity index (χ3v) is 4.96. The molecule has 1 fully saturated rings. The minimum absolute atomic E-state index is 0.0792. The Morgan fingerprint density at radius 3 is 2.38 bits per heavy atom. The largest absolute Gasteiger partial charge is 0.393 e. The summed E-state index contributed by atoms with van der Waals surface area (Å²) in [4.78, 5) is 14.7. The topological polar surface area (TPSA) is 78.6 Å². The smallest absolute Gasteiger partial charge is 0.251 e. The molecule has 0 aromatic heterocycles. The molecule has 2 aromatic carbocycles. The molecule has 0 aliphatic carbocycles. The number of hydrogen-bond acceptors (Lipinski definition) is 4. The van der Waals surface area contributed by atoms with Gasteiger partial charge >= 0.3 is 0 Å². The maximum absolute atomic E-state index is 12.4. The Hall–Kier alpha value is -2.21. The average molecular weight is 353 g/mol. The van der Waals surface area contributed by atoms with Gasteiger partial charge in [-0.1, -0.05) is 36.4 Å². The Morgan fingerprint density at radius 2 is 1.73 bits per heavy atom. The fourth-order valence-corrected chi connectivity index (χ4v) is 3.27. The van der Waals surface area contributed by atoms with Crippen LogP contribution in [0.2, 0.25) is 0 Å². The van der Waals surface area contributed by atoms with E-state index in [9.17, 15) is 9.90 Å². The van der Waals surface area contributed by atoms with E-state index in [0.29, 0.717) is 18.7 Å². The normalized spacial score (nSPS) is 15.8. The number of amides is 1. The van der Waals surface area contributed by atoms with Crippen LogP contribution in [0, 0.1) is 0 Å². The first-order chi connectivity index (χ1) is 12.7. The van der Waals surface area contributed by atoms with E-state index >= 15 is 0 Å². The molecule has 0 spiro atoms. The molecule has 0 bridgehead atoms. The molecule has 26 heavy (non-hydrogen) atoms. The first-order valence-corrected chi connectivity index (χ1v) is 9.20. The third kappa shape index (κ3) is 4.91. The molecule has 1 amide bonds. The molecule has 2 aromatic rings. The van der Waals surface area contributed by atoms with E-state index in [0.717, 1.165) is 43.6 Å². The third-order valence-electron chi connectivity index (χ3n) is 4.96. The van der Waals surface area contributed by atoms with Crippen molar-refractivity contribution in [2.45, 2.75) is 38.6 Å². The highest BCUT2D eigenvalue weighted by atomic mass is 16.3. The van der Waals surface area contributed by atoms with Crippen LogP contribution in [-0.2, 0) is 19.6 Å². The van der Waals surface area contributed by atoms with Gasteiger partial charge in [-0.3, -0.25) is 9.69 Å². The fourth-order valence-electron chi connectivity index (χ4n) is 3.27. The molecule has 1 saturated heterocycles. The van der Waals surface area contributed by atoms with Crippen molar-refractivity contribution in [1.29, 1.82) is 0 Å². The summed E-state index contributed by atoms with van der Waals surface area (Å²) < 4.78 is 0. The zero-order chi connectivity index (χ0) is 18.4. The molecular formula is C21H27N3O2. The van der Waals surface area contributed by atoms with E-state index in [1.165, 1.54) is 5.56 Å². The van der Waals surface area contributed by atoms with Gasteiger partial charge < -0.3 is 16.2 Å². The Balaban J connectivity index is 1.59. The van der Waals surface area contributed by atoms with Gasteiger partial charge in [-0.2, -0.15) is 0 Å². The van der Waals surface area contributed by atoms with Crippen LogP contribution >= 0.6 is 0 Å². The standard InChI is InChI=1S/C21H27N3O2/c22-13-16-5-7-17(8-6-16)21(26)23-14-18-3-1-2-4-19(18)15-24-11-9-20(25)10-12-24/h1-8,20,25H,9-15,22H2,(H,23,26). The Morgan fingerprint density at radius 1 is 1.08 bits per heavy atom. The molecule has 138 valence electrons. The molecule has 0 saturated carbocycles. The zero-order valence-corrected chi connectivity index (χ0v) is 15.0. The summed E-state index contributed by atoms with van der Waals surface area (Å²) in [6.07, 6.45) is 1.50. The minimum atomic E-state index is -0.161. The van der Waals surface area contributed by atoms with Crippen molar-refractivity contribution in [3.8, 4) is 0 Å². The molecule has 3 rings (SSSR count). The number of hydrogen-bond donors (Lipinski definition) is 3. The number of carbonyl (C=O) groups is 1. The highest BCUT2D eigenvalue weighted by Gasteiger charge is 2.18. The second-order valence-electron chi connectivity index (χ2n) is 6.86. The van der Waals surface area contributed by atoms with Gasteiger partial charge in [0.05, 0.1) is 6.10 Å². The highest BCUT2D eigenvalue weighted by molar-refractivity contribution is 5.94. The molecule has 0 radical (unpaired) electrons. The number of piperidine rings is 1. The van der Waals surface area contributed by atoms with Crippen LogP contribution in [0.1, 0.15) is 39.9 Å². The van der Waals surface area contributed by atoms with Crippen LogP contribution in [0.4, 0.5) is 0 Å². The van der Waals surface area contributed by atoms with Gasteiger partial charge in [0.25, 0.3) is 5.91 Å². The second kappa shape index (κ2) is 8.94. The first-order valence-electron chi connectivity index (χ1n) is 9.20. The summed E-state index contributed by atoms with van der Waals surface area (Å²) in [5, 5.41) is 12.7. The van der Waals surface area contributed by atoms with Gasteiger partial charge in [0.1, 0.15) is 0 Å². The van der Waals surface area contributed by atoms with Crippen molar-refractivity contribution >= 4 is 5.91 Å². The van der Waals surface area contributed by atoms with E-state index in [2.05, 4.69) is 22.3 Å². The highest BCUT2D eigenvalue weighted by Crippen LogP contribution is 2.16. The predicted molar refractivity (Wildman–Crippen MR) is 102 cm³/mol. The molecule has 1 heterocycles. The van der Waals surface area contributed by atoms with E-state index < -0.39 is 0 Å². The zero-order valence-electron chi connectivity index (χ0n) is 15.0. The Bertz CT molecular complexity index is 722. The van der Waals surface area contributed by atoms with Crippen molar-refractivity contribution in [2.24, 2.45) is 5.73 Å². The van der Waals surface area contributed by atoms with Crippen molar-refractivity contribution in [2.75, 3.05) is 13.1 Å². The van der Waals surface area contributed by atoms with Gasteiger partial charge in [0, 0.05) is 38.3 Å². The lowest BCUT2D eigenvalue weighted by atomic mass is 10.0. The Kier molecular flexibility index (Phi) is 6.39. The number of nitrogens with two attached hydrogens (primary N) is 1. The van der Waals surface area contributed by atoms with Crippen LogP contribution in [0.15, 0.2) is 48.5 Å². The van der Waals surface area contributed by atoms with E-state index in [4.69, 9.17) is 5.73 Å². The summed E-state index contributed by atoms with van der Waals surface area (Å²) in [5.74, 6) is -0.0792. The molecule has 0 atom stereocenters. The SMILES string of the molecule is NCc1ccc(C(=O)NCc2ccccc2CN2CCC(O)CC2)cc1. The summed E-state index contributed by atoms with van der Waals surface area (Å²) in [6, 6.07) is 15.6. The molecule has 0 unspecified atom stereocenters. The lowest BCUT2D eigenvalue weighted by Gasteiger charge is -2.30. The summed E-state index contributed by atoms with van der Waals surface area (Å²) in [7, 11) is 0. The van der Waals surface area contributed by atoms with Gasteiger partial charge in [-0.05, 0) is 41.7 Å². The van der Waals surface area contributed by atoms with Crippen LogP contribution < -0.4 is 11.1 Å². The van der Waals surface area contributed by atoms with Gasteiger partial charge in [-0.15, -0.1) is 0 Å². The molecule has 5 nitrogen and oxygen atoms in total. The average Bonchev–Trinajstić information content (AvgIpc) is 2.69. The van der Waals surface area contributed by atoms with Gasteiger partial charge in [0.2, 0.25) is 0 Å². The van der Waals surface area contributed by atoms with Crippen LogP contribution in [0.25, 0.3) is 0 Å². The van der Waals surface area contributed by atoms with E-state index in [-0.39, 0.29) is 12.0 Å². The molecule has 1 aliphatic rings. The quantitative estimate of drug-likeness (QED) is 0.742. The maximum atomic E-state index is 12.4. The maximum Gasteiger partial charge on any atom is 0.251 e. The lowest BCUT2D eigenvalue weighted by molar-refractivity contribution is 0.0790. The van der Waals surface area contributed by atoms with Crippen molar-refractivity contribution in [3.05, 3.63) is 70.8 Å². The van der Waals surface area contributed by atoms with Crippen LogP contribution in [-0.4, -0.2) is 35.1 Å². The number of nitrogens with one attached hydrogen (secondary N) is 1. The van der Waals surface area contributed by atoms with Crippen LogP contribution in [0.3, 0.4) is 0 Å². The fraction of sp³-hybridized carbons (Fsp3) is 0.381. The van der Waals surface area contributed by atoms with Crippen molar-refractivity contribution in [3.63, 3.8) is 0 Å². The molecule has 5 heteroatoms. The summed E-state index contributed by atoms with van der Waals surface area (Å²) in [6.45, 7) is 3.65. The molecule has 1 aliphatic heterocycles. The number of likely N-dealkylation sites (tertiary alicyclic amines) is 1. The van der Waals surface area contributed by atoms with E-state index in [1.54, 1.807) is 0 Å². The predicted octanol–water partition coefficient (Wildman–Crippen LogP) is 2.03. The molecule has 4 N–H and O–H groups in total. The van der Waals surface area contributed by atoms with Gasteiger partial charge in [0.15, 0.2) is 0 Å². The number of nitrogens with zero attached hydrogens (tertiary/aromatic N) is 1. The summed E-state index contributed by atoms with van der Waals surface area (Å²) >= 11 is 0.